The first-order valence-corrected chi connectivity index (χ1v) is 10.4. The average molecular weight is 401 g/mol. The van der Waals surface area contributed by atoms with E-state index in [1.807, 2.05) is 37.3 Å². The number of carbonyl (C=O) groups excluding carboxylic acids is 2. The van der Waals surface area contributed by atoms with E-state index in [4.69, 9.17) is 16.3 Å². The summed E-state index contributed by atoms with van der Waals surface area (Å²) in [4.78, 5) is 27.7. The van der Waals surface area contributed by atoms with Crippen molar-refractivity contribution >= 4 is 34.5 Å². The van der Waals surface area contributed by atoms with Crippen molar-refractivity contribution in [2.45, 2.75) is 32.1 Å². The zero-order valence-corrected chi connectivity index (χ0v) is 16.7. The van der Waals surface area contributed by atoms with Gasteiger partial charge in [0.1, 0.15) is 5.92 Å². The monoisotopic (exact) mass is 400 g/mol. The fourth-order valence-electron chi connectivity index (χ4n) is 3.90. The van der Waals surface area contributed by atoms with Crippen LogP contribution in [-0.4, -0.2) is 24.8 Å². The minimum Gasteiger partial charge on any atom is -0.381 e. The topological polar surface area (TPSA) is 43.4 Å². The predicted molar refractivity (Wildman–Crippen MR) is 109 cm³/mol. The Morgan fingerprint density at radius 3 is 2.56 bits per heavy atom. The van der Waals surface area contributed by atoms with Crippen LogP contribution in [0.5, 0.6) is 0 Å². The molecule has 1 fully saturated rings. The van der Waals surface area contributed by atoms with Crippen molar-refractivity contribution in [1.29, 1.82) is 0 Å². The van der Waals surface area contributed by atoms with E-state index >= 15 is 0 Å². The van der Waals surface area contributed by atoms with Gasteiger partial charge in [0.05, 0.1) is 0 Å². The number of ketones is 2. The van der Waals surface area contributed by atoms with Crippen LogP contribution < -0.4 is 0 Å². The molecule has 27 heavy (non-hydrogen) atoms. The second-order valence-corrected chi connectivity index (χ2v) is 8.95. The van der Waals surface area contributed by atoms with E-state index in [-0.39, 0.29) is 11.6 Å². The van der Waals surface area contributed by atoms with Gasteiger partial charge in [0, 0.05) is 33.6 Å². The Labute approximate surface area is 168 Å². The van der Waals surface area contributed by atoms with Gasteiger partial charge < -0.3 is 4.74 Å². The van der Waals surface area contributed by atoms with Gasteiger partial charge in [0.2, 0.25) is 0 Å². The molecular weight excluding hydrogens is 380 g/mol. The highest BCUT2D eigenvalue weighted by molar-refractivity contribution is 7.15. The number of halogens is 1. The van der Waals surface area contributed by atoms with Gasteiger partial charge in [0.15, 0.2) is 11.6 Å². The summed E-state index contributed by atoms with van der Waals surface area (Å²) in [6.45, 7) is 3.48. The normalized spacial score (nSPS) is 21.0. The van der Waals surface area contributed by atoms with Crippen LogP contribution in [0.3, 0.4) is 0 Å². The molecular formula is C22H21ClO3S. The number of hydrogen-bond donors (Lipinski definition) is 0. The van der Waals surface area contributed by atoms with Gasteiger partial charge >= 0.3 is 0 Å². The van der Waals surface area contributed by atoms with E-state index < -0.39 is 5.92 Å². The summed E-state index contributed by atoms with van der Waals surface area (Å²) in [5, 5.41) is 0.690. The Hall–Kier alpha value is -1.75. The van der Waals surface area contributed by atoms with Crippen molar-refractivity contribution in [2.75, 3.05) is 13.2 Å². The van der Waals surface area contributed by atoms with Gasteiger partial charge in [-0.3, -0.25) is 9.59 Å². The smallest absolute Gasteiger partial charge is 0.174 e. The van der Waals surface area contributed by atoms with Crippen molar-refractivity contribution in [1.82, 2.24) is 0 Å². The maximum absolute atomic E-state index is 13.0. The third-order valence-electron chi connectivity index (χ3n) is 5.43. The van der Waals surface area contributed by atoms with E-state index in [0.717, 1.165) is 46.9 Å². The molecule has 0 radical (unpaired) electrons. The lowest BCUT2D eigenvalue weighted by Crippen LogP contribution is -2.19. The van der Waals surface area contributed by atoms with Crippen LogP contribution in [0.2, 0.25) is 5.02 Å². The molecule has 4 rings (SSSR count). The summed E-state index contributed by atoms with van der Waals surface area (Å²) in [7, 11) is 0. The van der Waals surface area contributed by atoms with Crippen LogP contribution in [0.25, 0.3) is 10.4 Å². The van der Waals surface area contributed by atoms with E-state index in [1.54, 1.807) is 17.4 Å². The largest absolute Gasteiger partial charge is 0.381 e. The quantitative estimate of drug-likeness (QED) is 0.649. The Bertz CT molecular complexity index is 904. The Morgan fingerprint density at radius 1 is 1.15 bits per heavy atom. The molecule has 2 aromatic rings. The van der Waals surface area contributed by atoms with E-state index in [0.29, 0.717) is 22.9 Å². The van der Waals surface area contributed by atoms with Gasteiger partial charge in [-0.25, -0.2) is 0 Å². The zero-order chi connectivity index (χ0) is 19.0. The zero-order valence-electron chi connectivity index (χ0n) is 15.2. The lowest BCUT2D eigenvalue weighted by molar-refractivity contribution is -0.123. The molecule has 5 heteroatoms. The summed E-state index contributed by atoms with van der Waals surface area (Å²) in [6.07, 6.45) is 4.20. The first-order valence-electron chi connectivity index (χ1n) is 9.25. The Balaban J connectivity index is 1.56. The molecule has 0 bridgehead atoms. The number of allylic oxidation sites excluding steroid dienone is 2. The number of benzene rings is 1. The molecule has 1 aliphatic heterocycles. The predicted octanol–water partition coefficient (Wildman–Crippen LogP) is 5.36. The molecule has 1 aromatic heterocycles. The third kappa shape index (κ3) is 3.79. The second-order valence-electron chi connectivity index (χ2n) is 7.26. The SMILES string of the molecule is Cc1sc(-c2ccc(Cl)cc2)cc1C1C(=O)C=C(CC2CCOCC2)C1=O. The minimum atomic E-state index is -0.669. The highest BCUT2D eigenvalue weighted by atomic mass is 35.5. The average Bonchev–Trinajstić information content (AvgIpc) is 3.16. The molecule has 1 atom stereocenters. The third-order valence-corrected chi connectivity index (χ3v) is 6.79. The summed E-state index contributed by atoms with van der Waals surface area (Å²) >= 11 is 7.59. The molecule has 1 aromatic carbocycles. The molecule has 140 valence electrons. The maximum atomic E-state index is 13.0. The number of rotatable bonds is 4. The number of hydrogen-bond acceptors (Lipinski definition) is 4. The Kier molecular flexibility index (Phi) is 5.31. The van der Waals surface area contributed by atoms with E-state index in [2.05, 4.69) is 0 Å². The van der Waals surface area contributed by atoms with Gasteiger partial charge in [-0.15, -0.1) is 11.3 Å². The molecule has 2 aliphatic rings. The van der Waals surface area contributed by atoms with Crippen molar-refractivity contribution in [3.05, 3.63) is 57.4 Å². The van der Waals surface area contributed by atoms with Gasteiger partial charge in [0.25, 0.3) is 0 Å². The lowest BCUT2D eigenvalue weighted by atomic mass is 9.88. The maximum Gasteiger partial charge on any atom is 0.174 e. The summed E-state index contributed by atoms with van der Waals surface area (Å²) in [5.41, 5.74) is 2.58. The Morgan fingerprint density at radius 2 is 1.85 bits per heavy atom. The van der Waals surface area contributed by atoms with Gasteiger partial charge in [-0.2, -0.15) is 0 Å². The minimum absolute atomic E-state index is 0.0185. The van der Waals surface area contributed by atoms with Crippen molar-refractivity contribution in [2.24, 2.45) is 5.92 Å². The molecule has 1 saturated heterocycles. The first-order chi connectivity index (χ1) is 13.0. The first kappa shape index (κ1) is 18.6. The fraction of sp³-hybridized carbons (Fsp3) is 0.364. The van der Waals surface area contributed by atoms with Crippen molar-refractivity contribution < 1.29 is 14.3 Å². The number of ether oxygens (including phenoxy) is 1. The molecule has 1 unspecified atom stereocenters. The number of carbonyl (C=O) groups is 2. The number of aryl methyl sites for hydroxylation is 1. The number of Topliss-reactive ketones (excluding diaryl/α,β-unsaturated/α-hetero) is 1. The molecule has 3 nitrogen and oxygen atoms in total. The molecule has 0 saturated carbocycles. The van der Waals surface area contributed by atoms with E-state index in [9.17, 15) is 9.59 Å². The lowest BCUT2D eigenvalue weighted by Gasteiger charge is -2.22. The highest BCUT2D eigenvalue weighted by Gasteiger charge is 2.38. The summed E-state index contributed by atoms with van der Waals surface area (Å²) in [6, 6.07) is 9.63. The van der Waals surface area contributed by atoms with Crippen molar-refractivity contribution in [3.63, 3.8) is 0 Å². The van der Waals surface area contributed by atoms with Crippen LogP contribution in [-0.2, 0) is 14.3 Å². The van der Waals surface area contributed by atoms with Gasteiger partial charge in [-0.1, -0.05) is 23.7 Å². The molecule has 0 N–H and O–H groups in total. The molecule has 1 aliphatic carbocycles. The summed E-state index contributed by atoms with van der Waals surface area (Å²) < 4.78 is 5.39. The van der Waals surface area contributed by atoms with Gasteiger partial charge in [-0.05, 0) is 67.5 Å². The molecule has 2 heterocycles. The molecule has 0 spiro atoms. The number of thiophene rings is 1. The van der Waals surface area contributed by atoms with Crippen LogP contribution in [0.15, 0.2) is 42.0 Å². The molecule has 0 amide bonds. The van der Waals surface area contributed by atoms with E-state index in [1.165, 1.54) is 0 Å². The van der Waals surface area contributed by atoms with Crippen LogP contribution in [0.4, 0.5) is 0 Å². The highest BCUT2D eigenvalue weighted by Crippen LogP contribution is 2.40. The summed E-state index contributed by atoms with van der Waals surface area (Å²) in [5.74, 6) is -0.327. The fourth-order valence-corrected chi connectivity index (χ4v) is 5.09. The second kappa shape index (κ2) is 7.70. The van der Waals surface area contributed by atoms with Crippen LogP contribution in [0.1, 0.15) is 35.6 Å². The van der Waals surface area contributed by atoms with Crippen molar-refractivity contribution in [3.8, 4) is 10.4 Å². The van der Waals surface area contributed by atoms with Crippen LogP contribution in [0, 0.1) is 12.8 Å². The standard InChI is InChI=1S/C22H21ClO3S/c1-13-18(12-20(27-13)15-2-4-17(23)5-3-15)21-19(24)11-16(22(21)25)10-14-6-8-26-9-7-14/h2-5,11-12,14,21H,6-10H2,1H3. The van der Waals surface area contributed by atoms with Crippen LogP contribution >= 0.6 is 22.9 Å².